The fraction of sp³-hybridized carbons (Fsp3) is 0.556. The SMILES string of the molecule is CCCn1cc(C(=O)NCCc2nc(C)c3c(n2)CCC3)c(C)n1. The zero-order valence-corrected chi connectivity index (χ0v) is 14.7. The highest BCUT2D eigenvalue weighted by molar-refractivity contribution is 5.94. The molecule has 0 radical (unpaired) electrons. The Kier molecular flexibility index (Phi) is 4.92. The molecule has 6 nitrogen and oxygen atoms in total. The lowest BCUT2D eigenvalue weighted by Crippen LogP contribution is -2.26. The minimum atomic E-state index is -0.0762. The van der Waals surface area contributed by atoms with E-state index in [4.69, 9.17) is 0 Å². The predicted molar refractivity (Wildman–Crippen MR) is 92.1 cm³/mol. The van der Waals surface area contributed by atoms with Gasteiger partial charge in [-0.15, -0.1) is 0 Å². The molecule has 2 aromatic heterocycles. The quantitative estimate of drug-likeness (QED) is 0.882. The van der Waals surface area contributed by atoms with E-state index in [0.717, 1.165) is 43.0 Å². The zero-order valence-electron chi connectivity index (χ0n) is 14.7. The molecule has 1 amide bonds. The van der Waals surface area contributed by atoms with Crippen LogP contribution in [0.5, 0.6) is 0 Å². The van der Waals surface area contributed by atoms with E-state index < -0.39 is 0 Å². The van der Waals surface area contributed by atoms with Crippen LogP contribution in [0.4, 0.5) is 0 Å². The lowest BCUT2D eigenvalue weighted by atomic mass is 10.2. The van der Waals surface area contributed by atoms with Crippen LogP contribution in [-0.4, -0.2) is 32.2 Å². The van der Waals surface area contributed by atoms with Gasteiger partial charge in [0.1, 0.15) is 5.82 Å². The Balaban J connectivity index is 1.58. The number of carbonyl (C=O) groups is 1. The summed E-state index contributed by atoms with van der Waals surface area (Å²) in [5.41, 5.74) is 5.03. The monoisotopic (exact) mass is 327 g/mol. The van der Waals surface area contributed by atoms with Crippen molar-refractivity contribution in [2.24, 2.45) is 0 Å². The van der Waals surface area contributed by atoms with Crippen molar-refractivity contribution in [3.05, 3.63) is 40.2 Å². The average Bonchev–Trinajstić information content (AvgIpc) is 3.14. The summed E-state index contributed by atoms with van der Waals surface area (Å²) in [4.78, 5) is 21.6. The summed E-state index contributed by atoms with van der Waals surface area (Å²) < 4.78 is 1.83. The molecule has 0 saturated carbocycles. The first-order chi connectivity index (χ1) is 11.6. The van der Waals surface area contributed by atoms with E-state index in [2.05, 4.69) is 34.2 Å². The van der Waals surface area contributed by atoms with Gasteiger partial charge in [0.05, 0.1) is 11.3 Å². The van der Waals surface area contributed by atoms with Crippen LogP contribution in [0.3, 0.4) is 0 Å². The zero-order chi connectivity index (χ0) is 17.1. The van der Waals surface area contributed by atoms with Crippen molar-refractivity contribution in [3.63, 3.8) is 0 Å². The second kappa shape index (κ2) is 7.11. The maximum absolute atomic E-state index is 12.3. The molecule has 2 aromatic rings. The number of aryl methyl sites for hydroxylation is 4. The summed E-state index contributed by atoms with van der Waals surface area (Å²) in [6.45, 7) is 7.38. The highest BCUT2D eigenvalue weighted by Gasteiger charge is 2.17. The lowest BCUT2D eigenvalue weighted by Gasteiger charge is -2.07. The van der Waals surface area contributed by atoms with E-state index in [1.807, 2.05) is 17.8 Å². The van der Waals surface area contributed by atoms with Gasteiger partial charge in [-0.1, -0.05) is 6.92 Å². The number of fused-ring (bicyclic) bond motifs is 1. The van der Waals surface area contributed by atoms with Crippen LogP contribution in [0.2, 0.25) is 0 Å². The van der Waals surface area contributed by atoms with Crippen LogP contribution >= 0.6 is 0 Å². The smallest absolute Gasteiger partial charge is 0.254 e. The van der Waals surface area contributed by atoms with Crippen molar-refractivity contribution in [1.82, 2.24) is 25.1 Å². The third-order valence-corrected chi connectivity index (χ3v) is 4.46. The first kappa shape index (κ1) is 16.6. The molecule has 0 fully saturated rings. The molecule has 0 saturated heterocycles. The van der Waals surface area contributed by atoms with Gasteiger partial charge in [0.25, 0.3) is 5.91 Å². The first-order valence-electron chi connectivity index (χ1n) is 8.76. The first-order valence-corrected chi connectivity index (χ1v) is 8.76. The van der Waals surface area contributed by atoms with Gasteiger partial charge in [-0.25, -0.2) is 9.97 Å². The van der Waals surface area contributed by atoms with Gasteiger partial charge in [0.2, 0.25) is 0 Å². The van der Waals surface area contributed by atoms with E-state index in [0.29, 0.717) is 18.5 Å². The number of aromatic nitrogens is 4. The molecule has 1 aliphatic carbocycles. The Morgan fingerprint density at radius 3 is 2.88 bits per heavy atom. The fourth-order valence-electron chi connectivity index (χ4n) is 3.26. The fourth-order valence-corrected chi connectivity index (χ4v) is 3.26. The van der Waals surface area contributed by atoms with Crippen molar-refractivity contribution >= 4 is 5.91 Å². The van der Waals surface area contributed by atoms with Crippen LogP contribution in [0.25, 0.3) is 0 Å². The maximum Gasteiger partial charge on any atom is 0.254 e. The Morgan fingerprint density at radius 1 is 1.25 bits per heavy atom. The number of hydrogen-bond acceptors (Lipinski definition) is 4. The normalized spacial score (nSPS) is 13.1. The third kappa shape index (κ3) is 3.47. The summed E-state index contributed by atoms with van der Waals surface area (Å²) in [6.07, 6.45) is 6.79. The number of amides is 1. The average molecular weight is 327 g/mol. The summed E-state index contributed by atoms with van der Waals surface area (Å²) in [5, 5.41) is 7.33. The predicted octanol–water partition coefficient (Wildman–Crippen LogP) is 2.16. The molecule has 0 atom stereocenters. The van der Waals surface area contributed by atoms with Gasteiger partial charge >= 0.3 is 0 Å². The molecule has 1 N–H and O–H groups in total. The van der Waals surface area contributed by atoms with Gasteiger partial charge < -0.3 is 5.32 Å². The topological polar surface area (TPSA) is 72.7 Å². The van der Waals surface area contributed by atoms with Crippen molar-refractivity contribution in [2.45, 2.75) is 59.4 Å². The molecule has 0 aliphatic heterocycles. The van der Waals surface area contributed by atoms with Gasteiger partial charge in [-0.2, -0.15) is 5.10 Å². The lowest BCUT2D eigenvalue weighted by molar-refractivity contribution is 0.0953. The van der Waals surface area contributed by atoms with E-state index in [-0.39, 0.29) is 5.91 Å². The van der Waals surface area contributed by atoms with Crippen LogP contribution in [0.15, 0.2) is 6.20 Å². The van der Waals surface area contributed by atoms with Crippen LogP contribution in [-0.2, 0) is 25.8 Å². The Morgan fingerprint density at radius 2 is 2.08 bits per heavy atom. The number of rotatable bonds is 6. The second-order valence-corrected chi connectivity index (χ2v) is 6.40. The highest BCUT2D eigenvalue weighted by atomic mass is 16.1. The Bertz CT molecular complexity index is 750. The number of nitrogens with zero attached hydrogens (tertiary/aromatic N) is 4. The molecule has 0 aromatic carbocycles. The summed E-state index contributed by atoms with van der Waals surface area (Å²) >= 11 is 0. The third-order valence-electron chi connectivity index (χ3n) is 4.46. The van der Waals surface area contributed by atoms with E-state index >= 15 is 0 Å². The maximum atomic E-state index is 12.3. The molecule has 24 heavy (non-hydrogen) atoms. The van der Waals surface area contributed by atoms with Crippen LogP contribution in [0, 0.1) is 13.8 Å². The molecule has 3 rings (SSSR count). The van der Waals surface area contributed by atoms with Crippen LogP contribution in [0.1, 0.15) is 58.6 Å². The standard InChI is InChI=1S/C18H25N5O/c1-4-10-23-11-15(13(3)22-23)18(24)19-9-8-17-20-12(2)14-6-5-7-16(14)21-17/h11H,4-10H2,1-3H3,(H,19,24). The molecule has 2 heterocycles. The highest BCUT2D eigenvalue weighted by Crippen LogP contribution is 2.22. The minimum absolute atomic E-state index is 0.0762. The van der Waals surface area contributed by atoms with E-state index in [1.165, 1.54) is 17.7 Å². The van der Waals surface area contributed by atoms with Gasteiger partial charge in [-0.05, 0) is 45.1 Å². The van der Waals surface area contributed by atoms with Crippen molar-refractivity contribution in [2.75, 3.05) is 6.54 Å². The van der Waals surface area contributed by atoms with E-state index in [9.17, 15) is 4.79 Å². The van der Waals surface area contributed by atoms with Crippen molar-refractivity contribution in [3.8, 4) is 0 Å². The number of carbonyl (C=O) groups excluding carboxylic acids is 1. The van der Waals surface area contributed by atoms with Gasteiger partial charge in [-0.3, -0.25) is 9.48 Å². The molecule has 6 heteroatoms. The Hall–Kier alpha value is -2.24. The van der Waals surface area contributed by atoms with Crippen molar-refractivity contribution in [1.29, 1.82) is 0 Å². The minimum Gasteiger partial charge on any atom is -0.351 e. The number of nitrogens with one attached hydrogen (secondary N) is 1. The largest absolute Gasteiger partial charge is 0.351 e. The Labute approximate surface area is 142 Å². The van der Waals surface area contributed by atoms with E-state index in [1.54, 1.807) is 0 Å². The van der Waals surface area contributed by atoms with Crippen molar-refractivity contribution < 1.29 is 4.79 Å². The van der Waals surface area contributed by atoms with Gasteiger partial charge in [0, 0.05) is 37.1 Å². The summed E-state index contributed by atoms with van der Waals surface area (Å²) in [5.74, 6) is 0.750. The molecule has 1 aliphatic rings. The second-order valence-electron chi connectivity index (χ2n) is 6.40. The molecule has 128 valence electrons. The molecular formula is C18H25N5O. The number of hydrogen-bond donors (Lipinski definition) is 1. The van der Waals surface area contributed by atoms with Gasteiger partial charge in [0.15, 0.2) is 0 Å². The molecule has 0 bridgehead atoms. The summed E-state index contributed by atoms with van der Waals surface area (Å²) in [6, 6.07) is 0. The molecular weight excluding hydrogens is 302 g/mol. The molecule has 0 unspecified atom stereocenters. The molecule has 0 spiro atoms. The van der Waals surface area contributed by atoms with Crippen LogP contribution < -0.4 is 5.32 Å². The summed E-state index contributed by atoms with van der Waals surface area (Å²) in [7, 11) is 0.